The van der Waals surface area contributed by atoms with Gasteiger partial charge in [0, 0.05) is 19.2 Å². The Labute approximate surface area is 151 Å². The minimum Gasteiger partial charge on any atom is -0.383 e. The standard InChI is InChI=1S/C19H22FN3O3/c1-25-9-8-21-18(24)15-12-2-3-13(10-12)16(15)19-22-17(23-26-19)11-4-6-14(20)7-5-11/h4-7,12-13,15-16H,2-3,8-10H2,1H3,(H,21,24)/t12-,13+,15-,16-/m0/s1. The zero-order valence-electron chi connectivity index (χ0n) is 14.7. The maximum atomic E-state index is 13.1. The fraction of sp³-hybridized carbons (Fsp3) is 0.526. The normalized spacial score (nSPS) is 27.0. The van der Waals surface area contributed by atoms with Crippen molar-refractivity contribution >= 4 is 5.91 Å². The Morgan fingerprint density at radius 1 is 1.31 bits per heavy atom. The second kappa shape index (κ2) is 7.15. The van der Waals surface area contributed by atoms with E-state index in [1.165, 1.54) is 12.1 Å². The Kier molecular flexibility index (Phi) is 4.72. The van der Waals surface area contributed by atoms with Crippen LogP contribution in [0.15, 0.2) is 28.8 Å². The van der Waals surface area contributed by atoms with E-state index in [1.54, 1.807) is 19.2 Å². The molecule has 2 saturated carbocycles. The minimum absolute atomic E-state index is 0.0424. The molecule has 1 heterocycles. The van der Waals surface area contributed by atoms with Crippen LogP contribution >= 0.6 is 0 Å². The number of hydrogen-bond donors (Lipinski definition) is 1. The summed E-state index contributed by atoms with van der Waals surface area (Å²) in [6.45, 7) is 0.993. The van der Waals surface area contributed by atoms with Crippen LogP contribution in [0.5, 0.6) is 0 Å². The number of amides is 1. The molecule has 4 atom stereocenters. The average Bonchev–Trinajstić information content (AvgIpc) is 3.37. The molecule has 2 fully saturated rings. The molecule has 0 saturated heterocycles. The van der Waals surface area contributed by atoms with Crippen LogP contribution < -0.4 is 5.32 Å². The zero-order chi connectivity index (χ0) is 18.1. The van der Waals surface area contributed by atoms with Gasteiger partial charge >= 0.3 is 0 Å². The number of carbonyl (C=O) groups is 1. The molecule has 6 nitrogen and oxygen atoms in total. The maximum absolute atomic E-state index is 13.1. The molecule has 2 aliphatic rings. The third kappa shape index (κ3) is 3.11. The van der Waals surface area contributed by atoms with Crippen LogP contribution in [0.1, 0.15) is 31.1 Å². The van der Waals surface area contributed by atoms with Crippen molar-refractivity contribution in [2.45, 2.75) is 25.2 Å². The predicted molar refractivity (Wildman–Crippen MR) is 91.6 cm³/mol. The number of carbonyl (C=O) groups excluding carboxylic acids is 1. The van der Waals surface area contributed by atoms with Crippen molar-refractivity contribution in [3.05, 3.63) is 36.0 Å². The van der Waals surface area contributed by atoms with Crippen LogP contribution in [-0.2, 0) is 9.53 Å². The van der Waals surface area contributed by atoms with Crippen LogP contribution in [0.3, 0.4) is 0 Å². The number of nitrogens with one attached hydrogen (secondary N) is 1. The second-order valence-corrected chi connectivity index (χ2v) is 7.13. The van der Waals surface area contributed by atoms with Gasteiger partial charge in [0.05, 0.1) is 18.4 Å². The van der Waals surface area contributed by atoms with E-state index in [0.29, 0.717) is 42.3 Å². The summed E-state index contributed by atoms with van der Waals surface area (Å²) in [5.74, 6) is 1.28. The van der Waals surface area contributed by atoms with Gasteiger partial charge in [0.25, 0.3) is 0 Å². The third-order valence-corrected chi connectivity index (χ3v) is 5.65. The van der Waals surface area contributed by atoms with Gasteiger partial charge in [-0.15, -0.1) is 0 Å². The molecule has 0 aliphatic heterocycles. The molecule has 4 rings (SSSR count). The first-order chi connectivity index (χ1) is 12.7. The third-order valence-electron chi connectivity index (χ3n) is 5.65. The molecule has 7 heteroatoms. The Balaban J connectivity index is 1.55. The molecule has 0 unspecified atom stereocenters. The van der Waals surface area contributed by atoms with Crippen molar-refractivity contribution in [3.8, 4) is 11.4 Å². The van der Waals surface area contributed by atoms with E-state index in [2.05, 4.69) is 15.5 Å². The van der Waals surface area contributed by atoms with E-state index in [1.807, 2.05) is 0 Å². The summed E-state index contributed by atoms with van der Waals surface area (Å²) in [4.78, 5) is 17.2. The summed E-state index contributed by atoms with van der Waals surface area (Å²) in [7, 11) is 1.61. The van der Waals surface area contributed by atoms with Gasteiger partial charge < -0.3 is 14.6 Å². The molecule has 1 N–H and O–H groups in total. The molecule has 1 amide bonds. The molecule has 2 bridgehead atoms. The summed E-state index contributed by atoms with van der Waals surface area (Å²) in [5, 5.41) is 7.01. The highest BCUT2D eigenvalue weighted by atomic mass is 19.1. The molecular weight excluding hydrogens is 337 g/mol. The van der Waals surface area contributed by atoms with Crippen molar-refractivity contribution in [3.63, 3.8) is 0 Å². The predicted octanol–water partition coefficient (Wildman–Crippen LogP) is 2.77. The number of hydrogen-bond acceptors (Lipinski definition) is 5. The number of methoxy groups -OCH3 is 1. The van der Waals surface area contributed by atoms with Gasteiger partial charge in [-0.05, 0) is 55.4 Å². The fourth-order valence-electron chi connectivity index (χ4n) is 4.50. The van der Waals surface area contributed by atoms with Crippen molar-refractivity contribution in [1.29, 1.82) is 0 Å². The lowest BCUT2D eigenvalue weighted by Gasteiger charge is -2.27. The SMILES string of the molecule is COCCNC(=O)[C@H]1[C@H]2CC[C@H](C2)[C@@H]1c1nc(-c2ccc(F)cc2)no1. The number of halogens is 1. The van der Waals surface area contributed by atoms with Crippen LogP contribution in [0.25, 0.3) is 11.4 Å². The molecule has 0 spiro atoms. The minimum atomic E-state index is -0.307. The smallest absolute Gasteiger partial charge is 0.231 e. The van der Waals surface area contributed by atoms with Crippen molar-refractivity contribution < 1.29 is 18.4 Å². The second-order valence-electron chi connectivity index (χ2n) is 7.13. The molecule has 26 heavy (non-hydrogen) atoms. The molecule has 138 valence electrons. The first-order valence-corrected chi connectivity index (χ1v) is 9.03. The highest BCUT2D eigenvalue weighted by Gasteiger charge is 2.53. The van der Waals surface area contributed by atoms with Crippen LogP contribution in [0.2, 0.25) is 0 Å². The van der Waals surface area contributed by atoms with Crippen molar-refractivity contribution in [2.24, 2.45) is 17.8 Å². The quantitative estimate of drug-likeness (QED) is 0.803. The molecule has 2 aliphatic carbocycles. The van der Waals surface area contributed by atoms with E-state index >= 15 is 0 Å². The number of ether oxygens (including phenoxy) is 1. The van der Waals surface area contributed by atoms with Gasteiger partial charge in [0.2, 0.25) is 17.6 Å². The van der Waals surface area contributed by atoms with Crippen molar-refractivity contribution in [2.75, 3.05) is 20.3 Å². The molecule has 0 radical (unpaired) electrons. The van der Waals surface area contributed by atoms with Crippen LogP contribution in [-0.4, -0.2) is 36.3 Å². The van der Waals surface area contributed by atoms with Gasteiger partial charge in [0.15, 0.2) is 0 Å². The Hall–Kier alpha value is -2.28. The Morgan fingerprint density at radius 2 is 2.08 bits per heavy atom. The summed E-state index contributed by atoms with van der Waals surface area (Å²) >= 11 is 0. The van der Waals surface area contributed by atoms with Gasteiger partial charge in [-0.1, -0.05) is 5.16 Å². The largest absolute Gasteiger partial charge is 0.383 e. The lowest BCUT2D eigenvalue weighted by Crippen LogP contribution is -2.38. The van der Waals surface area contributed by atoms with E-state index in [9.17, 15) is 9.18 Å². The van der Waals surface area contributed by atoms with E-state index in [-0.39, 0.29) is 23.6 Å². The monoisotopic (exact) mass is 359 g/mol. The number of rotatable bonds is 6. The highest BCUT2D eigenvalue weighted by Crippen LogP contribution is 2.56. The number of fused-ring (bicyclic) bond motifs is 2. The number of nitrogens with zero attached hydrogens (tertiary/aromatic N) is 2. The number of aromatic nitrogens is 2. The molecular formula is C19H22FN3O3. The summed E-state index contributed by atoms with van der Waals surface area (Å²) in [6, 6.07) is 5.99. The highest BCUT2D eigenvalue weighted by molar-refractivity contribution is 5.80. The van der Waals surface area contributed by atoms with E-state index in [0.717, 1.165) is 19.3 Å². The van der Waals surface area contributed by atoms with Gasteiger partial charge in [-0.3, -0.25) is 4.79 Å². The molecule has 1 aromatic carbocycles. The fourth-order valence-corrected chi connectivity index (χ4v) is 4.50. The van der Waals surface area contributed by atoms with Crippen LogP contribution in [0.4, 0.5) is 4.39 Å². The average molecular weight is 359 g/mol. The van der Waals surface area contributed by atoms with Gasteiger partial charge in [-0.25, -0.2) is 4.39 Å². The Morgan fingerprint density at radius 3 is 2.85 bits per heavy atom. The molecule has 1 aromatic heterocycles. The lowest BCUT2D eigenvalue weighted by molar-refractivity contribution is -0.127. The lowest BCUT2D eigenvalue weighted by atomic mass is 9.78. The maximum Gasteiger partial charge on any atom is 0.231 e. The zero-order valence-corrected chi connectivity index (χ0v) is 14.7. The van der Waals surface area contributed by atoms with E-state index in [4.69, 9.17) is 9.26 Å². The molecule has 2 aromatic rings. The topological polar surface area (TPSA) is 77.2 Å². The Bertz CT molecular complexity index is 777. The summed E-state index contributed by atoms with van der Waals surface area (Å²) < 4.78 is 23.6. The summed E-state index contributed by atoms with van der Waals surface area (Å²) in [5.41, 5.74) is 0.700. The first kappa shape index (κ1) is 17.1. The first-order valence-electron chi connectivity index (χ1n) is 9.03. The van der Waals surface area contributed by atoms with Crippen LogP contribution in [0, 0.1) is 23.6 Å². The van der Waals surface area contributed by atoms with Crippen molar-refractivity contribution in [1.82, 2.24) is 15.5 Å². The van der Waals surface area contributed by atoms with E-state index < -0.39 is 0 Å². The van der Waals surface area contributed by atoms with Gasteiger partial charge in [-0.2, -0.15) is 4.98 Å². The number of benzene rings is 1. The summed E-state index contributed by atoms with van der Waals surface area (Å²) in [6.07, 6.45) is 3.19. The van der Waals surface area contributed by atoms with Gasteiger partial charge in [0.1, 0.15) is 5.82 Å².